The highest BCUT2D eigenvalue weighted by Gasteiger charge is 2.23. The molecule has 1 fully saturated rings. The van der Waals surface area contributed by atoms with Crippen LogP contribution < -0.4 is 0 Å². The zero-order chi connectivity index (χ0) is 22.9. The number of aliphatic hydroxyl groups excluding tert-OH is 1. The first kappa shape index (κ1) is 25.6. The number of aryl methyl sites for hydroxylation is 1. The smallest absolute Gasteiger partial charge is 0.0789 e. The molecule has 0 radical (unpaired) electrons. The molecule has 0 amide bonds. The molecule has 1 aliphatic rings. The Morgan fingerprint density at radius 1 is 1.19 bits per heavy atom. The highest BCUT2D eigenvalue weighted by atomic mass is 16.3. The molecule has 1 aromatic carbocycles. The van der Waals surface area contributed by atoms with Gasteiger partial charge in [0.2, 0.25) is 0 Å². The molecule has 1 aromatic rings. The fourth-order valence-corrected chi connectivity index (χ4v) is 4.38. The number of aliphatic hydroxyl groups is 2. The molecular weight excluding hydrogens is 380 g/mol. The summed E-state index contributed by atoms with van der Waals surface area (Å²) in [4.78, 5) is 0. The number of allylic oxidation sites excluding steroid dienone is 3. The molecule has 0 heterocycles. The Morgan fingerprint density at radius 2 is 1.97 bits per heavy atom. The van der Waals surface area contributed by atoms with Crippen LogP contribution in [-0.4, -0.2) is 21.9 Å². The lowest BCUT2D eigenvalue weighted by molar-refractivity contribution is 0.0681. The van der Waals surface area contributed by atoms with Gasteiger partial charge >= 0.3 is 0 Å². The molecule has 2 rings (SSSR count). The summed E-state index contributed by atoms with van der Waals surface area (Å²) in [7, 11) is 0. The van der Waals surface area contributed by atoms with E-state index in [0.717, 1.165) is 56.9 Å². The molecule has 0 saturated heterocycles. The summed E-state index contributed by atoms with van der Waals surface area (Å²) >= 11 is 0. The van der Waals surface area contributed by atoms with Crippen molar-refractivity contribution in [2.45, 2.75) is 104 Å². The minimum atomic E-state index is -0.551. The molecule has 31 heavy (non-hydrogen) atoms. The molecular formula is C29H44O2. The average Bonchev–Trinajstić information content (AvgIpc) is 2.70. The van der Waals surface area contributed by atoms with E-state index < -0.39 is 11.7 Å². The maximum atomic E-state index is 10.3. The Labute approximate surface area is 190 Å². The van der Waals surface area contributed by atoms with Crippen molar-refractivity contribution in [3.05, 3.63) is 65.3 Å². The molecule has 2 nitrogen and oxygen atoms in total. The first-order valence-corrected chi connectivity index (χ1v) is 12.3. The fraction of sp³-hybridized carbons (Fsp3) is 0.586. The summed E-state index contributed by atoms with van der Waals surface area (Å²) in [6, 6.07) is 8.99. The maximum Gasteiger partial charge on any atom is 0.0789 e. The van der Waals surface area contributed by atoms with Crippen LogP contribution in [0, 0.1) is 5.92 Å². The van der Waals surface area contributed by atoms with Gasteiger partial charge in [-0.25, -0.2) is 0 Å². The molecule has 2 atom stereocenters. The Balaban J connectivity index is 2.09. The molecule has 1 aliphatic carbocycles. The van der Waals surface area contributed by atoms with Gasteiger partial charge in [0.1, 0.15) is 0 Å². The van der Waals surface area contributed by atoms with E-state index in [1.807, 2.05) is 13.8 Å². The van der Waals surface area contributed by atoms with E-state index in [9.17, 15) is 10.2 Å². The van der Waals surface area contributed by atoms with E-state index in [2.05, 4.69) is 56.8 Å². The highest BCUT2D eigenvalue weighted by Crippen LogP contribution is 2.33. The lowest BCUT2D eigenvalue weighted by Gasteiger charge is -2.27. The van der Waals surface area contributed by atoms with Crippen molar-refractivity contribution in [3.63, 3.8) is 0 Å². The van der Waals surface area contributed by atoms with Crippen LogP contribution in [0.4, 0.5) is 0 Å². The second-order valence-corrected chi connectivity index (χ2v) is 10.1. The van der Waals surface area contributed by atoms with Crippen LogP contribution in [0.5, 0.6) is 0 Å². The van der Waals surface area contributed by atoms with Crippen molar-refractivity contribution in [1.29, 1.82) is 0 Å². The Bertz CT molecular complexity index is 763. The van der Waals surface area contributed by atoms with Crippen LogP contribution in [0.2, 0.25) is 0 Å². The fourth-order valence-electron chi connectivity index (χ4n) is 4.38. The van der Waals surface area contributed by atoms with Crippen LogP contribution in [-0.2, 0) is 6.42 Å². The lowest BCUT2D eigenvalue weighted by atomic mass is 9.81. The van der Waals surface area contributed by atoms with Gasteiger partial charge in [-0.15, -0.1) is 0 Å². The van der Waals surface area contributed by atoms with Crippen LogP contribution in [0.1, 0.15) is 96.6 Å². The minimum Gasteiger partial charge on any atom is -0.390 e. The zero-order valence-corrected chi connectivity index (χ0v) is 20.3. The Kier molecular flexibility index (Phi) is 10.3. The third-order valence-electron chi connectivity index (χ3n) is 6.35. The Hall–Kier alpha value is -1.64. The summed E-state index contributed by atoms with van der Waals surface area (Å²) in [6.45, 7) is 12.4. The van der Waals surface area contributed by atoms with E-state index in [4.69, 9.17) is 0 Å². The number of hydrogen-bond donors (Lipinski definition) is 2. The molecule has 1 saturated carbocycles. The summed E-state index contributed by atoms with van der Waals surface area (Å²) < 4.78 is 0. The molecule has 2 N–H and O–H groups in total. The maximum absolute atomic E-state index is 10.3. The van der Waals surface area contributed by atoms with E-state index in [-0.39, 0.29) is 0 Å². The van der Waals surface area contributed by atoms with Gasteiger partial charge in [-0.2, -0.15) is 0 Å². The molecule has 2 heteroatoms. The largest absolute Gasteiger partial charge is 0.390 e. The topological polar surface area (TPSA) is 40.5 Å². The van der Waals surface area contributed by atoms with Crippen LogP contribution in [0.3, 0.4) is 0 Å². The molecule has 172 valence electrons. The number of rotatable bonds is 11. The van der Waals surface area contributed by atoms with E-state index in [1.54, 1.807) is 0 Å². The van der Waals surface area contributed by atoms with Gasteiger partial charge in [-0.05, 0) is 92.6 Å². The highest BCUT2D eigenvalue weighted by molar-refractivity contribution is 5.68. The standard InChI is InChI=1S/C29H44O2/c1-6-7-14-25(16-17-26-19-22(2)20-28(30)23(26)3)27-15-11-13-24(21-27)12-9-8-10-18-29(4,5)31/h11,13,15-17,21-22,28,30-31H,3,6-10,12,14,18-20H2,1-2,4-5H3/b25-16+,26-17-/t22-,28+/m1/s1. The van der Waals surface area contributed by atoms with Gasteiger partial charge < -0.3 is 10.2 Å². The van der Waals surface area contributed by atoms with Crippen LogP contribution in [0.25, 0.3) is 5.57 Å². The van der Waals surface area contributed by atoms with E-state index >= 15 is 0 Å². The van der Waals surface area contributed by atoms with Crippen LogP contribution >= 0.6 is 0 Å². The third kappa shape index (κ3) is 9.17. The molecule has 0 spiro atoms. The first-order chi connectivity index (χ1) is 14.7. The molecule has 0 unspecified atom stereocenters. The van der Waals surface area contributed by atoms with Gasteiger partial charge in [0.15, 0.2) is 0 Å². The summed E-state index contributed by atoms with van der Waals surface area (Å²) in [6.07, 6.45) is 14.7. The van der Waals surface area contributed by atoms with Gasteiger partial charge in [0, 0.05) is 0 Å². The van der Waals surface area contributed by atoms with Gasteiger partial charge in [-0.3, -0.25) is 0 Å². The lowest BCUT2D eigenvalue weighted by Crippen LogP contribution is -2.21. The van der Waals surface area contributed by atoms with Crippen molar-refractivity contribution >= 4 is 5.57 Å². The predicted molar refractivity (Wildman–Crippen MR) is 134 cm³/mol. The first-order valence-electron chi connectivity index (χ1n) is 12.3. The van der Waals surface area contributed by atoms with Crippen molar-refractivity contribution in [1.82, 2.24) is 0 Å². The summed E-state index contributed by atoms with van der Waals surface area (Å²) in [5.41, 5.74) is 5.62. The monoisotopic (exact) mass is 424 g/mol. The normalized spacial score (nSPS) is 21.7. The molecule has 0 aliphatic heterocycles. The van der Waals surface area contributed by atoms with E-state index in [1.165, 1.54) is 35.1 Å². The quantitative estimate of drug-likeness (QED) is 0.363. The Morgan fingerprint density at radius 3 is 2.68 bits per heavy atom. The second-order valence-electron chi connectivity index (χ2n) is 10.1. The second kappa shape index (κ2) is 12.4. The molecule has 0 bridgehead atoms. The third-order valence-corrected chi connectivity index (χ3v) is 6.35. The minimum absolute atomic E-state index is 0.401. The predicted octanol–water partition coefficient (Wildman–Crippen LogP) is 7.41. The van der Waals surface area contributed by atoms with Crippen molar-refractivity contribution in [2.24, 2.45) is 5.92 Å². The average molecular weight is 425 g/mol. The number of hydrogen-bond acceptors (Lipinski definition) is 2. The van der Waals surface area contributed by atoms with Gasteiger partial charge in [-0.1, -0.05) is 76.1 Å². The SMILES string of the molecule is C=C1/C(=C\C=C(/CCCC)c2cccc(CCCCCC(C)(C)O)c2)C[C@@H](C)C[C@@H]1O. The van der Waals surface area contributed by atoms with Crippen molar-refractivity contribution in [3.8, 4) is 0 Å². The van der Waals surface area contributed by atoms with Gasteiger partial charge in [0.25, 0.3) is 0 Å². The van der Waals surface area contributed by atoms with E-state index in [0.29, 0.717) is 5.92 Å². The van der Waals surface area contributed by atoms with Crippen molar-refractivity contribution < 1.29 is 10.2 Å². The number of unbranched alkanes of at least 4 members (excludes halogenated alkanes) is 3. The summed E-state index contributed by atoms with van der Waals surface area (Å²) in [5, 5.41) is 20.1. The van der Waals surface area contributed by atoms with Crippen LogP contribution in [0.15, 0.2) is 54.1 Å². The van der Waals surface area contributed by atoms with Gasteiger partial charge in [0.05, 0.1) is 11.7 Å². The molecule has 0 aromatic heterocycles. The number of benzene rings is 1. The van der Waals surface area contributed by atoms with Crippen molar-refractivity contribution in [2.75, 3.05) is 0 Å². The summed E-state index contributed by atoms with van der Waals surface area (Å²) in [5.74, 6) is 0.499. The zero-order valence-electron chi connectivity index (χ0n) is 20.3.